The highest BCUT2D eigenvalue weighted by molar-refractivity contribution is 7.54. The van der Waals surface area contributed by atoms with E-state index in [2.05, 4.69) is 4.99 Å². The summed E-state index contributed by atoms with van der Waals surface area (Å²) in [5.41, 5.74) is 0.780. The smallest absolute Gasteiger partial charge is 0.359 e. The van der Waals surface area contributed by atoms with Crippen LogP contribution in [0.25, 0.3) is 0 Å². The highest BCUT2D eigenvalue weighted by atomic mass is 31.2. The minimum Gasteiger partial charge on any atom is -0.497 e. The SMILES string of the molecule is CCOP(=O)(OCC)C(/N=C/C(C)C)c1ccc(OC)cc1. The number of hydrogen-bond donors (Lipinski definition) is 0. The van der Waals surface area contributed by atoms with Crippen molar-refractivity contribution in [2.24, 2.45) is 10.9 Å². The van der Waals surface area contributed by atoms with E-state index in [1.54, 1.807) is 27.2 Å². The highest BCUT2D eigenvalue weighted by Gasteiger charge is 2.36. The lowest BCUT2D eigenvalue weighted by atomic mass is 10.2. The number of methoxy groups -OCH3 is 1. The predicted molar refractivity (Wildman–Crippen MR) is 89.9 cm³/mol. The molecule has 1 aromatic rings. The van der Waals surface area contributed by atoms with Crippen molar-refractivity contribution in [3.63, 3.8) is 0 Å². The van der Waals surface area contributed by atoms with E-state index in [0.717, 1.165) is 11.3 Å². The maximum atomic E-state index is 13.1. The second-order valence-corrected chi connectivity index (χ2v) is 7.15. The standard InChI is InChI=1S/C16H26NO4P/c1-6-20-22(18,21-7-2)16(17-12-13(3)4)14-8-10-15(19-5)11-9-14/h8-13,16H,6-7H2,1-5H3/b17-12+. The van der Waals surface area contributed by atoms with E-state index in [-0.39, 0.29) is 5.92 Å². The van der Waals surface area contributed by atoms with Crippen LogP contribution in [0.2, 0.25) is 0 Å². The lowest BCUT2D eigenvalue weighted by molar-refractivity contribution is 0.212. The maximum Gasteiger partial charge on any atom is 0.359 e. The number of nitrogens with zero attached hydrogens (tertiary/aromatic N) is 1. The summed E-state index contributed by atoms with van der Waals surface area (Å²) in [5, 5.41) is 0. The Morgan fingerprint density at radius 1 is 1.14 bits per heavy atom. The summed E-state index contributed by atoms with van der Waals surface area (Å²) in [5.74, 6) is 0.316. The first-order valence-electron chi connectivity index (χ1n) is 7.52. The summed E-state index contributed by atoms with van der Waals surface area (Å²) in [6, 6.07) is 7.31. The van der Waals surface area contributed by atoms with Gasteiger partial charge in [-0.3, -0.25) is 9.56 Å². The molecule has 5 nitrogen and oxygen atoms in total. The molecule has 0 bridgehead atoms. The molecule has 1 atom stereocenters. The molecule has 0 radical (unpaired) electrons. The van der Waals surface area contributed by atoms with Gasteiger partial charge in [-0.15, -0.1) is 0 Å². The zero-order valence-electron chi connectivity index (χ0n) is 14.0. The summed E-state index contributed by atoms with van der Waals surface area (Å²) in [4.78, 5) is 4.48. The Labute approximate surface area is 133 Å². The number of rotatable bonds is 9. The number of hydrogen-bond acceptors (Lipinski definition) is 5. The Kier molecular flexibility index (Phi) is 7.80. The monoisotopic (exact) mass is 327 g/mol. The van der Waals surface area contributed by atoms with Gasteiger partial charge in [0.1, 0.15) is 5.75 Å². The van der Waals surface area contributed by atoms with Crippen LogP contribution in [0.3, 0.4) is 0 Å². The van der Waals surface area contributed by atoms with Gasteiger partial charge in [0.25, 0.3) is 0 Å². The van der Waals surface area contributed by atoms with Crippen LogP contribution in [0.1, 0.15) is 39.0 Å². The maximum absolute atomic E-state index is 13.1. The molecule has 0 aliphatic heterocycles. The average molecular weight is 327 g/mol. The van der Waals surface area contributed by atoms with Gasteiger partial charge in [0, 0.05) is 6.21 Å². The van der Waals surface area contributed by atoms with Crippen LogP contribution in [0.15, 0.2) is 29.3 Å². The molecule has 1 aromatic carbocycles. The fraction of sp³-hybridized carbons (Fsp3) is 0.562. The van der Waals surface area contributed by atoms with Gasteiger partial charge in [-0.2, -0.15) is 0 Å². The summed E-state index contributed by atoms with van der Waals surface area (Å²) >= 11 is 0. The van der Waals surface area contributed by atoms with Crippen molar-refractivity contribution >= 4 is 13.8 Å². The Morgan fingerprint density at radius 2 is 1.68 bits per heavy atom. The normalized spacial score (nSPS) is 13.7. The number of ether oxygens (including phenoxy) is 1. The molecule has 0 amide bonds. The first-order chi connectivity index (χ1) is 10.5. The quantitative estimate of drug-likeness (QED) is 0.488. The van der Waals surface area contributed by atoms with Crippen LogP contribution >= 0.6 is 7.60 Å². The van der Waals surface area contributed by atoms with E-state index in [1.165, 1.54) is 0 Å². The Bertz CT molecular complexity index is 503. The van der Waals surface area contributed by atoms with Gasteiger partial charge in [0.15, 0.2) is 5.78 Å². The van der Waals surface area contributed by atoms with Gasteiger partial charge in [-0.05, 0) is 37.5 Å². The van der Waals surface area contributed by atoms with Crippen LogP contribution < -0.4 is 4.74 Å². The second-order valence-electron chi connectivity index (χ2n) is 5.06. The third kappa shape index (κ3) is 5.24. The second kappa shape index (κ2) is 9.09. The molecular formula is C16H26NO4P. The Balaban J connectivity index is 3.22. The van der Waals surface area contributed by atoms with E-state index in [1.807, 2.05) is 38.1 Å². The fourth-order valence-corrected chi connectivity index (χ4v) is 3.77. The Hall–Kier alpha value is -1.16. The van der Waals surface area contributed by atoms with Crippen molar-refractivity contribution in [1.29, 1.82) is 0 Å². The van der Waals surface area contributed by atoms with E-state index in [4.69, 9.17) is 13.8 Å². The largest absolute Gasteiger partial charge is 0.497 e. The third-order valence-electron chi connectivity index (χ3n) is 2.86. The molecule has 0 fully saturated rings. The van der Waals surface area contributed by atoms with Gasteiger partial charge in [0.2, 0.25) is 0 Å². The van der Waals surface area contributed by atoms with Crippen LogP contribution in [0.5, 0.6) is 5.75 Å². The summed E-state index contributed by atoms with van der Waals surface area (Å²) < 4.78 is 29.2. The van der Waals surface area contributed by atoms with Crippen molar-refractivity contribution in [2.75, 3.05) is 20.3 Å². The van der Waals surface area contributed by atoms with E-state index >= 15 is 0 Å². The van der Waals surface area contributed by atoms with E-state index < -0.39 is 13.4 Å². The summed E-state index contributed by atoms with van der Waals surface area (Å²) in [6.07, 6.45) is 1.78. The van der Waals surface area contributed by atoms with Crippen molar-refractivity contribution in [3.05, 3.63) is 29.8 Å². The lowest BCUT2D eigenvalue weighted by Crippen LogP contribution is -2.06. The minimum absolute atomic E-state index is 0.248. The van der Waals surface area contributed by atoms with Crippen molar-refractivity contribution in [2.45, 2.75) is 33.5 Å². The number of aliphatic imine (C=N–C) groups is 1. The van der Waals surface area contributed by atoms with Crippen molar-refractivity contribution < 1.29 is 18.3 Å². The zero-order valence-corrected chi connectivity index (χ0v) is 14.9. The fourth-order valence-electron chi connectivity index (χ4n) is 1.92. The molecule has 0 aromatic heterocycles. The molecule has 1 unspecified atom stereocenters. The Morgan fingerprint density at radius 3 is 2.09 bits per heavy atom. The molecule has 0 heterocycles. The molecule has 6 heteroatoms. The van der Waals surface area contributed by atoms with Crippen LogP contribution in [0.4, 0.5) is 0 Å². The van der Waals surface area contributed by atoms with Gasteiger partial charge in [-0.25, -0.2) is 0 Å². The van der Waals surface area contributed by atoms with Crippen LogP contribution in [-0.4, -0.2) is 26.5 Å². The van der Waals surface area contributed by atoms with Gasteiger partial charge in [-0.1, -0.05) is 26.0 Å². The summed E-state index contributed by atoms with van der Waals surface area (Å²) in [6.45, 7) is 8.23. The molecule has 22 heavy (non-hydrogen) atoms. The summed E-state index contributed by atoms with van der Waals surface area (Å²) in [7, 11) is -1.76. The molecule has 1 rings (SSSR count). The molecule has 0 aliphatic carbocycles. The van der Waals surface area contributed by atoms with E-state index in [0.29, 0.717) is 13.2 Å². The lowest BCUT2D eigenvalue weighted by Gasteiger charge is -2.24. The molecule has 0 saturated heterocycles. The first kappa shape index (κ1) is 18.9. The van der Waals surface area contributed by atoms with E-state index in [9.17, 15) is 4.57 Å². The third-order valence-corrected chi connectivity index (χ3v) is 5.12. The van der Waals surface area contributed by atoms with Crippen LogP contribution in [-0.2, 0) is 13.6 Å². The van der Waals surface area contributed by atoms with Gasteiger partial charge in [0.05, 0.1) is 20.3 Å². The zero-order chi connectivity index (χ0) is 16.6. The molecule has 124 valence electrons. The van der Waals surface area contributed by atoms with Gasteiger partial charge >= 0.3 is 7.60 Å². The highest BCUT2D eigenvalue weighted by Crippen LogP contribution is 2.61. The first-order valence-corrected chi connectivity index (χ1v) is 9.14. The average Bonchev–Trinajstić information content (AvgIpc) is 2.48. The molecule has 0 aliphatic rings. The molecule has 0 N–H and O–H groups in total. The predicted octanol–water partition coefficient (Wildman–Crippen LogP) is 4.69. The molecular weight excluding hydrogens is 301 g/mol. The van der Waals surface area contributed by atoms with Crippen LogP contribution in [0, 0.1) is 5.92 Å². The minimum atomic E-state index is -3.37. The molecule has 0 spiro atoms. The molecule has 0 saturated carbocycles. The topological polar surface area (TPSA) is 57.1 Å². The number of benzene rings is 1. The van der Waals surface area contributed by atoms with Crippen molar-refractivity contribution in [1.82, 2.24) is 0 Å². The van der Waals surface area contributed by atoms with Gasteiger partial charge < -0.3 is 13.8 Å². The van der Waals surface area contributed by atoms with Crippen molar-refractivity contribution in [3.8, 4) is 5.75 Å².